The quantitative estimate of drug-likeness (QED) is 0.178. The Bertz CT molecular complexity index is 286. The molecule has 0 radical (unpaired) electrons. The van der Waals surface area contributed by atoms with E-state index in [4.69, 9.17) is 26.6 Å². The fourth-order valence-corrected chi connectivity index (χ4v) is 9.56. The van der Waals surface area contributed by atoms with Crippen LogP contribution in [-0.2, 0) is 26.6 Å². The van der Waals surface area contributed by atoms with Gasteiger partial charge in [0.15, 0.2) is 0 Å². The normalized spacial score (nSPS) is 12.6. The van der Waals surface area contributed by atoms with Gasteiger partial charge in [-0.05, 0) is 72.3 Å². The van der Waals surface area contributed by atoms with Crippen molar-refractivity contribution in [3.8, 4) is 0 Å². The van der Waals surface area contributed by atoms with E-state index in [2.05, 4.69) is 0 Å². The number of hydrogen-bond donors (Lipinski definition) is 0. The molecule has 6 nitrogen and oxygen atoms in total. The highest BCUT2D eigenvalue weighted by atomic mass is 32.2. The second-order valence-corrected chi connectivity index (χ2v) is 12.8. The van der Waals surface area contributed by atoms with Gasteiger partial charge < -0.3 is 26.6 Å². The Hall–Kier alpha value is 0.544. The summed E-state index contributed by atoms with van der Waals surface area (Å²) in [6.07, 6.45) is 3.29. The molecule has 0 amide bonds. The van der Waals surface area contributed by atoms with Gasteiger partial charge in [0.1, 0.15) is 0 Å². The summed E-state index contributed by atoms with van der Waals surface area (Å²) in [5.41, 5.74) is 0. The van der Waals surface area contributed by atoms with Crippen molar-refractivity contribution < 1.29 is 26.6 Å². The Balaban J connectivity index is 4.14. The van der Waals surface area contributed by atoms with E-state index in [-0.39, 0.29) is 0 Å². The molecule has 0 rings (SSSR count). The fourth-order valence-electron chi connectivity index (χ4n) is 3.04. The van der Waals surface area contributed by atoms with Crippen LogP contribution in [0.25, 0.3) is 0 Å². The molecule has 170 valence electrons. The molecule has 0 spiro atoms. The van der Waals surface area contributed by atoms with E-state index < -0.39 is 17.6 Å². The summed E-state index contributed by atoms with van der Waals surface area (Å²) in [4.78, 5) is 0. The first-order chi connectivity index (χ1) is 13.6. The van der Waals surface area contributed by atoms with Crippen LogP contribution < -0.4 is 0 Å². The molecule has 0 aromatic heterocycles. The molecule has 0 aromatic carbocycles. The fraction of sp³-hybridized carbons (Fsp3) is 1.00. The standard InChI is InChI=1S/C19H44O6SSi2/c1-7-20-27(21-8-2,22-9-3)18-14-13-16-26-17-15-19-28(23-10-4,24-11-5)25-12-6/h7-19H2,1-6H3. The van der Waals surface area contributed by atoms with Gasteiger partial charge in [0.2, 0.25) is 0 Å². The molecule has 0 atom stereocenters. The van der Waals surface area contributed by atoms with Crippen LogP contribution in [0.2, 0.25) is 12.1 Å². The molecular formula is C19H44O6SSi2. The topological polar surface area (TPSA) is 55.4 Å². The van der Waals surface area contributed by atoms with Gasteiger partial charge in [0.25, 0.3) is 0 Å². The zero-order valence-electron chi connectivity index (χ0n) is 19.1. The molecule has 28 heavy (non-hydrogen) atoms. The van der Waals surface area contributed by atoms with Gasteiger partial charge in [-0.3, -0.25) is 0 Å². The molecule has 0 saturated carbocycles. The molecule has 0 heterocycles. The number of thioether (sulfide) groups is 1. The highest BCUT2D eigenvalue weighted by Crippen LogP contribution is 2.22. The number of unbranched alkanes of at least 4 members (excludes halogenated alkanes) is 1. The predicted octanol–water partition coefficient (Wildman–Crippen LogP) is 4.99. The molecule has 0 fully saturated rings. The van der Waals surface area contributed by atoms with E-state index in [9.17, 15) is 0 Å². The average Bonchev–Trinajstić information content (AvgIpc) is 2.65. The van der Waals surface area contributed by atoms with E-state index in [0.717, 1.165) is 42.9 Å². The molecule has 0 unspecified atom stereocenters. The molecule has 0 aliphatic heterocycles. The van der Waals surface area contributed by atoms with Gasteiger partial charge in [-0.15, -0.1) is 0 Å². The molecular weight excluding hydrogens is 412 g/mol. The first-order valence-corrected chi connectivity index (χ1v) is 16.0. The second kappa shape index (κ2) is 18.3. The van der Waals surface area contributed by atoms with E-state index in [1.54, 1.807) is 0 Å². The van der Waals surface area contributed by atoms with E-state index in [1.165, 1.54) is 0 Å². The van der Waals surface area contributed by atoms with Crippen molar-refractivity contribution in [1.29, 1.82) is 0 Å². The van der Waals surface area contributed by atoms with Crippen LogP contribution >= 0.6 is 11.8 Å². The predicted molar refractivity (Wildman–Crippen MR) is 122 cm³/mol. The molecule has 0 N–H and O–H groups in total. The first-order valence-electron chi connectivity index (χ1n) is 11.0. The van der Waals surface area contributed by atoms with Crippen LogP contribution in [-0.4, -0.2) is 68.8 Å². The molecule has 0 bridgehead atoms. The van der Waals surface area contributed by atoms with Gasteiger partial charge in [0, 0.05) is 51.7 Å². The SMILES string of the molecule is CCO[Si](CCCCSCCC[Si](OCC)(OCC)OCC)(OCC)OCC. The highest BCUT2D eigenvalue weighted by Gasteiger charge is 2.40. The number of hydrogen-bond acceptors (Lipinski definition) is 7. The monoisotopic (exact) mass is 456 g/mol. The third-order valence-corrected chi connectivity index (χ3v) is 11.4. The van der Waals surface area contributed by atoms with Gasteiger partial charge in [-0.1, -0.05) is 0 Å². The van der Waals surface area contributed by atoms with E-state index in [1.807, 2.05) is 53.3 Å². The lowest BCUT2D eigenvalue weighted by Gasteiger charge is -2.28. The largest absolute Gasteiger partial charge is 0.500 e. The van der Waals surface area contributed by atoms with Crippen LogP contribution in [0.4, 0.5) is 0 Å². The van der Waals surface area contributed by atoms with Gasteiger partial charge in [-0.25, -0.2) is 0 Å². The summed E-state index contributed by atoms with van der Waals surface area (Å²) in [7, 11) is -4.96. The zero-order valence-corrected chi connectivity index (χ0v) is 21.9. The second-order valence-electron chi connectivity index (χ2n) is 6.14. The molecule has 0 saturated heterocycles. The molecule has 0 aromatic rings. The highest BCUT2D eigenvalue weighted by molar-refractivity contribution is 7.99. The van der Waals surface area contributed by atoms with Crippen molar-refractivity contribution in [3.05, 3.63) is 0 Å². The minimum absolute atomic E-state index is 0.643. The average molecular weight is 457 g/mol. The molecule has 0 aliphatic carbocycles. The summed E-state index contributed by atoms with van der Waals surface area (Å²) in [6.45, 7) is 15.9. The van der Waals surface area contributed by atoms with E-state index >= 15 is 0 Å². The smallest absolute Gasteiger partial charge is 0.374 e. The van der Waals surface area contributed by atoms with Crippen molar-refractivity contribution in [2.24, 2.45) is 0 Å². The summed E-state index contributed by atoms with van der Waals surface area (Å²) < 4.78 is 35.5. The van der Waals surface area contributed by atoms with Crippen molar-refractivity contribution >= 4 is 29.4 Å². The lowest BCUT2D eigenvalue weighted by molar-refractivity contribution is 0.0701. The zero-order chi connectivity index (χ0) is 21.1. The summed E-state index contributed by atoms with van der Waals surface area (Å²) in [5, 5.41) is 0. The minimum Gasteiger partial charge on any atom is -0.374 e. The van der Waals surface area contributed by atoms with E-state index in [0.29, 0.717) is 39.6 Å². The Morgan fingerprint density at radius 1 is 0.464 bits per heavy atom. The minimum atomic E-state index is -2.48. The Kier molecular flexibility index (Phi) is 18.7. The summed E-state index contributed by atoms with van der Waals surface area (Å²) >= 11 is 1.99. The molecule has 0 aliphatic rings. The van der Waals surface area contributed by atoms with Crippen molar-refractivity contribution in [2.75, 3.05) is 51.1 Å². The Morgan fingerprint density at radius 3 is 1.14 bits per heavy atom. The van der Waals surface area contributed by atoms with Crippen molar-refractivity contribution in [1.82, 2.24) is 0 Å². The lowest BCUT2D eigenvalue weighted by Crippen LogP contribution is -2.46. The van der Waals surface area contributed by atoms with Gasteiger partial charge in [-0.2, -0.15) is 11.8 Å². The summed E-state index contributed by atoms with van der Waals surface area (Å²) in [5.74, 6) is 2.24. The van der Waals surface area contributed by atoms with Crippen LogP contribution in [0, 0.1) is 0 Å². The first kappa shape index (κ1) is 28.5. The maximum absolute atomic E-state index is 5.91. The maximum Gasteiger partial charge on any atom is 0.500 e. The Morgan fingerprint density at radius 2 is 0.786 bits per heavy atom. The van der Waals surface area contributed by atoms with Gasteiger partial charge >= 0.3 is 17.6 Å². The summed E-state index contributed by atoms with van der Waals surface area (Å²) in [6, 6.07) is 1.79. The van der Waals surface area contributed by atoms with Crippen molar-refractivity contribution in [3.63, 3.8) is 0 Å². The van der Waals surface area contributed by atoms with Crippen molar-refractivity contribution in [2.45, 2.75) is 72.9 Å². The Labute approximate surface area is 180 Å². The molecule has 9 heteroatoms. The van der Waals surface area contributed by atoms with Crippen LogP contribution in [0.3, 0.4) is 0 Å². The lowest BCUT2D eigenvalue weighted by atomic mass is 10.4. The third kappa shape index (κ3) is 12.3. The number of rotatable bonds is 21. The van der Waals surface area contributed by atoms with Crippen LogP contribution in [0.15, 0.2) is 0 Å². The van der Waals surface area contributed by atoms with Gasteiger partial charge in [0.05, 0.1) is 0 Å². The maximum atomic E-state index is 5.91. The third-order valence-electron chi connectivity index (χ3n) is 3.98. The van der Waals surface area contributed by atoms with Crippen LogP contribution in [0.5, 0.6) is 0 Å². The van der Waals surface area contributed by atoms with Crippen LogP contribution in [0.1, 0.15) is 60.8 Å².